The number of ether oxygens (including phenoxy) is 1. The fraction of sp³-hybridized carbons (Fsp3) is 0.300. The summed E-state index contributed by atoms with van der Waals surface area (Å²) in [6.45, 7) is -3.10. The summed E-state index contributed by atoms with van der Waals surface area (Å²) in [7, 11) is 0. The maximum Gasteiger partial charge on any atom is 0.387 e. The first-order chi connectivity index (χ1) is 7.56. The van der Waals surface area contributed by atoms with Crippen LogP contribution < -0.4 is 4.74 Å². The van der Waals surface area contributed by atoms with Crippen LogP contribution in [0.5, 0.6) is 11.5 Å². The van der Waals surface area contributed by atoms with Gasteiger partial charge in [0.1, 0.15) is 0 Å². The Labute approximate surface area is 95.6 Å². The fourth-order valence-corrected chi connectivity index (χ4v) is 1.35. The van der Waals surface area contributed by atoms with Gasteiger partial charge in [-0.25, -0.2) is 0 Å². The minimum Gasteiger partial charge on any atom is -0.504 e. The molecular weight excluding hydrogens is 242 g/mol. The molecule has 1 N–H and O–H groups in total. The molecule has 0 unspecified atom stereocenters. The van der Waals surface area contributed by atoms with Gasteiger partial charge < -0.3 is 9.84 Å². The van der Waals surface area contributed by atoms with Crippen LogP contribution in [-0.4, -0.2) is 23.4 Å². The molecule has 0 bridgehead atoms. The first kappa shape index (κ1) is 12.7. The number of carbonyl (C=O) groups excluding carboxylic acids is 1. The second kappa shape index (κ2) is 5.65. The Morgan fingerprint density at radius 3 is 2.75 bits per heavy atom. The quantitative estimate of drug-likeness (QED) is 0.646. The van der Waals surface area contributed by atoms with Gasteiger partial charge in [0.15, 0.2) is 17.3 Å². The molecule has 0 saturated carbocycles. The lowest BCUT2D eigenvalue weighted by molar-refractivity contribution is -0.0515. The van der Waals surface area contributed by atoms with E-state index in [9.17, 15) is 18.7 Å². The van der Waals surface area contributed by atoms with Crippen molar-refractivity contribution in [3.8, 4) is 11.5 Å². The number of phenols is 1. The van der Waals surface area contributed by atoms with Crippen LogP contribution in [0.4, 0.5) is 8.78 Å². The highest BCUT2D eigenvalue weighted by molar-refractivity contribution is 6.19. The first-order valence-electron chi connectivity index (χ1n) is 4.42. The number of hydrogen-bond donors (Lipinski definition) is 1. The first-order valence-corrected chi connectivity index (χ1v) is 4.95. The summed E-state index contributed by atoms with van der Waals surface area (Å²) in [5, 5.41) is 9.31. The molecule has 0 radical (unpaired) electrons. The minimum atomic E-state index is -3.10. The number of halogens is 3. The van der Waals surface area contributed by atoms with E-state index < -0.39 is 23.9 Å². The molecule has 0 aliphatic rings. The summed E-state index contributed by atoms with van der Waals surface area (Å²) in [6.07, 6.45) is -0.00932. The lowest BCUT2D eigenvalue weighted by Gasteiger charge is -2.10. The molecule has 0 atom stereocenters. The van der Waals surface area contributed by atoms with Crippen LogP contribution in [0.25, 0.3) is 0 Å². The van der Waals surface area contributed by atoms with E-state index in [1.54, 1.807) is 0 Å². The van der Waals surface area contributed by atoms with Crippen LogP contribution >= 0.6 is 11.6 Å². The summed E-state index contributed by atoms with van der Waals surface area (Å²) in [4.78, 5) is 11.5. The second-order valence-electron chi connectivity index (χ2n) is 2.89. The molecule has 0 aliphatic carbocycles. The van der Waals surface area contributed by atoms with Crippen LogP contribution in [0.1, 0.15) is 16.8 Å². The molecule has 3 nitrogen and oxygen atoms in total. The number of para-hydroxylation sites is 1. The highest BCUT2D eigenvalue weighted by atomic mass is 35.5. The van der Waals surface area contributed by atoms with Gasteiger partial charge >= 0.3 is 6.61 Å². The van der Waals surface area contributed by atoms with E-state index in [0.717, 1.165) is 6.07 Å². The van der Waals surface area contributed by atoms with Gasteiger partial charge in [0.05, 0.1) is 5.56 Å². The molecule has 0 aromatic heterocycles. The van der Waals surface area contributed by atoms with E-state index in [2.05, 4.69) is 4.74 Å². The topological polar surface area (TPSA) is 46.5 Å². The Morgan fingerprint density at radius 1 is 1.50 bits per heavy atom. The van der Waals surface area contributed by atoms with Crippen LogP contribution in [0.3, 0.4) is 0 Å². The maximum absolute atomic E-state index is 12.1. The molecule has 88 valence electrons. The van der Waals surface area contributed by atoms with Gasteiger partial charge in [0.2, 0.25) is 0 Å². The third-order valence-electron chi connectivity index (χ3n) is 1.82. The van der Waals surface area contributed by atoms with Crippen molar-refractivity contribution < 1.29 is 23.4 Å². The molecule has 16 heavy (non-hydrogen) atoms. The number of alkyl halides is 3. The predicted molar refractivity (Wildman–Crippen MR) is 54.4 cm³/mol. The van der Waals surface area contributed by atoms with Crippen molar-refractivity contribution in [1.29, 1.82) is 0 Å². The Morgan fingerprint density at radius 2 is 2.19 bits per heavy atom. The predicted octanol–water partition coefficient (Wildman–Crippen LogP) is 2.81. The third kappa shape index (κ3) is 3.06. The van der Waals surface area contributed by atoms with Crippen molar-refractivity contribution in [3.05, 3.63) is 23.8 Å². The molecule has 1 aromatic rings. The summed E-state index contributed by atoms with van der Waals surface area (Å²) in [5.41, 5.74) is -0.0963. The van der Waals surface area contributed by atoms with Crippen molar-refractivity contribution in [2.24, 2.45) is 0 Å². The van der Waals surface area contributed by atoms with Crippen LogP contribution in [-0.2, 0) is 0 Å². The zero-order valence-electron chi connectivity index (χ0n) is 8.12. The highest BCUT2D eigenvalue weighted by Crippen LogP contribution is 2.32. The number of ketones is 1. The standard InChI is InChI=1S/C10H9ClF2O3/c11-5-4-7(14)6-2-1-3-8(15)9(6)16-10(12)13/h1-3,10,15H,4-5H2. The minimum absolute atomic E-state index is 0.00932. The molecule has 1 aromatic carbocycles. The number of hydrogen-bond acceptors (Lipinski definition) is 3. The Balaban J connectivity index is 3.07. The van der Waals surface area contributed by atoms with Crippen molar-refractivity contribution in [3.63, 3.8) is 0 Å². The zero-order valence-corrected chi connectivity index (χ0v) is 8.88. The van der Waals surface area contributed by atoms with E-state index in [0.29, 0.717) is 0 Å². The highest BCUT2D eigenvalue weighted by Gasteiger charge is 2.18. The van der Waals surface area contributed by atoms with Crippen molar-refractivity contribution in [1.82, 2.24) is 0 Å². The molecule has 0 spiro atoms. The van der Waals surface area contributed by atoms with Crippen molar-refractivity contribution in [2.75, 3.05) is 5.88 Å². The van der Waals surface area contributed by atoms with Gasteiger partial charge in [0, 0.05) is 12.3 Å². The molecule has 0 fully saturated rings. The number of carbonyl (C=O) groups is 1. The second-order valence-corrected chi connectivity index (χ2v) is 3.27. The maximum atomic E-state index is 12.1. The molecular formula is C10H9ClF2O3. The van der Waals surface area contributed by atoms with E-state index in [-0.39, 0.29) is 17.9 Å². The number of phenolic OH excluding ortho intramolecular Hbond substituents is 1. The van der Waals surface area contributed by atoms with Crippen molar-refractivity contribution in [2.45, 2.75) is 13.0 Å². The van der Waals surface area contributed by atoms with E-state index in [4.69, 9.17) is 11.6 Å². The Bertz CT molecular complexity index is 382. The van der Waals surface area contributed by atoms with Crippen LogP contribution in [0, 0.1) is 0 Å². The van der Waals surface area contributed by atoms with Crippen LogP contribution in [0.2, 0.25) is 0 Å². The van der Waals surface area contributed by atoms with Gasteiger partial charge in [-0.1, -0.05) is 6.07 Å². The van der Waals surface area contributed by atoms with Gasteiger partial charge in [-0.15, -0.1) is 11.6 Å². The Hall–Kier alpha value is -1.36. The van der Waals surface area contributed by atoms with Gasteiger partial charge in [-0.2, -0.15) is 8.78 Å². The van der Waals surface area contributed by atoms with E-state index in [1.165, 1.54) is 12.1 Å². The number of rotatable bonds is 5. The molecule has 0 saturated heterocycles. The van der Waals surface area contributed by atoms with Gasteiger partial charge in [-0.3, -0.25) is 4.79 Å². The largest absolute Gasteiger partial charge is 0.504 e. The van der Waals surface area contributed by atoms with Gasteiger partial charge in [0.25, 0.3) is 0 Å². The zero-order chi connectivity index (χ0) is 12.1. The molecule has 0 aliphatic heterocycles. The molecule has 6 heteroatoms. The lowest BCUT2D eigenvalue weighted by Crippen LogP contribution is -2.08. The number of Topliss-reactive ketones (excluding diaryl/α,β-unsaturated/α-hetero) is 1. The summed E-state index contributed by atoms with van der Waals surface area (Å²) < 4.78 is 28.2. The van der Waals surface area contributed by atoms with E-state index >= 15 is 0 Å². The molecule has 1 rings (SSSR count). The van der Waals surface area contributed by atoms with Crippen LogP contribution in [0.15, 0.2) is 18.2 Å². The fourth-order valence-electron chi connectivity index (χ4n) is 1.18. The van der Waals surface area contributed by atoms with Gasteiger partial charge in [-0.05, 0) is 12.1 Å². The average molecular weight is 251 g/mol. The summed E-state index contributed by atoms with van der Waals surface area (Å²) in [6, 6.07) is 3.83. The SMILES string of the molecule is O=C(CCCl)c1cccc(O)c1OC(F)F. The summed E-state index contributed by atoms with van der Waals surface area (Å²) >= 11 is 5.37. The van der Waals surface area contributed by atoms with Crippen molar-refractivity contribution >= 4 is 17.4 Å². The number of aromatic hydroxyl groups is 1. The monoisotopic (exact) mass is 250 g/mol. The smallest absolute Gasteiger partial charge is 0.387 e. The molecule has 0 amide bonds. The normalized spacial score (nSPS) is 10.5. The third-order valence-corrected chi connectivity index (χ3v) is 2.01. The molecule has 0 heterocycles. The number of benzene rings is 1. The van der Waals surface area contributed by atoms with E-state index in [1.807, 2.05) is 0 Å². The summed E-state index contributed by atoms with van der Waals surface area (Å²) in [5.74, 6) is -1.39. The average Bonchev–Trinajstić information content (AvgIpc) is 2.20. The Kier molecular flexibility index (Phi) is 4.49. The lowest BCUT2D eigenvalue weighted by atomic mass is 10.1.